The van der Waals surface area contributed by atoms with E-state index in [9.17, 15) is 18.3 Å². The second-order valence-electron chi connectivity index (χ2n) is 8.19. The number of alkyl halides is 3. The standard InChI is InChI=1S/C22H25F3N4O2/c1-14(30)11-15-5-7-17(8-6-15)26-18-9-10-20-27-28-21(29(20)13-18)16-3-2-4-19(12-16)31-22(23,24)25/h2-4,9-10,12-15,17,26,30H,5-8,11H2,1H3. The molecule has 9 heteroatoms. The summed E-state index contributed by atoms with van der Waals surface area (Å²) in [7, 11) is 0. The highest BCUT2D eigenvalue weighted by molar-refractivity contribution is 5.63. The normalized spacial score (nSPS) is 20.5. The molecule has 1 aromatic carbocycles. The predicted molar refractivity (Wildman–Crippen MR) is 111 cm³/mol. The van der Waals surface area contributed by atoms with Crippen molar-refractivity contribution in [1.82, 2.24) is 14.6 Å². The van der Waals surface area contributed by atoms with Crippen LogP contribution in [0.2, 0.25) is 0 Å². The van der Waals surface area contributed by atoms with Crippen LogP contribution in [-0.2, 0) is 0 Å². The van der Waals surface area contributed by atoms with Gasteiger partial charge in [0.1, 0.15) is 5.75 Å². The van der Waals surface area contributed by atoms with Crippen LogP contribution in [0.3, 0.4) is 0 Å². The first-order valence-electron chi connectivity index (χ1n) is 10.4. The number of halogens is 3. The molecule has 0 bridgehead atoms. The Morgan fingerprint density at radius 2 is 1.94 bits per heavy atom. The molecule has 166 valence electrons. The molecule has 2 heterocycles. The SMILES string of the molecule is CC(O)CC1CCC(Nc2ccc3nnc(-c4cccc(OC(F)(F)F)c4)n3c2)CC1. The van der Waals surface area contributed by atoms with Gasteiger partial charge in [-0.05, 0) is 69.2 Å². The molecule has 0 radical (unpaired) electrons. The maximum Gasteiger partial charge on any atom is 0.573 e. The van der Waals surface area contributed by atoms with Crippen molar-refractivity contribution in [2.24, 2.45) is 5.92 Å². The lowest BCUT2D eigenvalue weighted by atomic mass is 9.83. The monoisotopic (exact) mass is 434 g/mol. The lowest BCUT2D eigenvalue weighted by molar-refractivity contribution is -0.274. The highest BCUT2D eigenvalue weighted by atomic mass is 19.4. The van der Waals surface area contributed by atoms with E-state index in [1.165, 1.54) is 18.2 Å². The number of aliphatic hydroxyl groups is 1. The van der Waals surface area contributed by atoms with Crippen LogP contribution in [0.4, 0.5) is 18.9 Å². The molecule has 0 aliphatic heterocycles. The number of rotatable bonds is 6. The zero-order chi connectivity index (χ0) is 22.0. The fourth-order valence-corrected chi connectivity index (χ4v) is 4.27. The van der Waals surface area contributed by atoms with Gasteiger partial charge in [-0.2, -0.15) is 0 Å². The van der Waals surface area contributed by atoms with Crippen LogP contribution >= 0.6 is 0 Å². The van der Waals surface area contributed by atoms with Gasteiger partial charge in [0.05, 0.1) is 11.8 Å². The fraction of sp³-hybridized carbons (Fsp3) is 0.455. The van der Waals surface area contributed by atoms with Crippen molar-refractivity contribution in [3.05, 3.63) is 42.6 Å². The summed E-state index contributed by atoms with van der Waals surface area (Å²) in [4.78, 5) is 0. The average Bonchev–Trinajstić information content (AvgIpc) is 3.11. The van der Waals surface area contributed by atoms with Crippen molar-refractivity contribution in [1.29, 1.82) is 0 Å². The number of pyridine rings is 1. The number of nitrogens with one attached hydrogen (secondary N) is 1. The van der Waals surface area contributed by atoms with Gasteiger partial charge in [-0.1, -0.05) is 12.1 Å². The summed E-state index contributed by atoms with van der Waals surface area (Å²) in [6, 6.07) is 9.81. The van der Waals surface area contributed by atoms with E-state index in [4.69, 9.17) is 0 Å². The van der Waals surface area contributed by atoms with Crippen LogP contribution < -0.4 is 10.1 Å². The van der Waals surface area contributed by atoms with Crippen molar-refractivity contribution in [2.75, 3.05) is 5.32 Å². The van der Waals surface area contributed by atoms with Gasteiger partial charge in [0, 0.05) is 17.8 Å². The first-order chi connectivity index (χ1) is 14.8. The highest BCUT2D eigenvalue weighted by Crippen LogP contribution is 2.31. The zero-order valence-corrected chi connectivity index (χ0v) is 17.1. The Labute approximate surface area is 178 Å². The van der Waals surface area contributed by atoms with E-state index in [0.717, 1.165) is 37.8 Å². The first-order valence-corrected chi connectivity index (χ1v) is 10.4. The van der Waals surface area contributed by atoms with E-state index in [1.807, 2.05) is 25.3 Å². The topological polar surface area (TPSA) is 71.7 Å². The summed E-state index contributed by atoms with van der Waals surface area (Å²) in [5.41, 5.74) is 1.98. The number of nitrogens with zero attached hydrogens (tertiary/aromatic N) is 3. The molecule has 1 unspecified atom stereocenters. The van der Waals surface area contributed by atoms with Crippen LogP contribution in [-0.4, -0.2) is 38.2 Å². The number of aromatic nitrogens is 3. The Hall–Kier alpha value is -2.81. The van der Waals surface area contributed by atoms with Crippen LogP contribution in [0.25, 0.3) is 17.0 Å². The molecule has 31 heavy (non-hydrogen) atoms. The number of hydrogen-bond acceptors (Lipinski definition) is 5. The van der Waals surface area contributed by atoms with Crippen molar-refractivity contribution >= 4 is 11.3 Å². The smallest absolute Gasteiger partial charge is 0.406 e. The number of ether oxygens (including phenoxy) is 1. The third-order valence-corrected chi connectivity index (χ3v) is 5.62. The van der Waals surface area contributed by atoms with Crippen LogP contribution in [0.15, 0.2) is 42.6 Å². The summed E-state index contributed by atoms with van der Waals surface area (Å²) >= 11 is 0. The minimum Gasteiger partial charge on any atom is -0.406 e. The number of anilines is 1. The summed E-state index contributed by atoms with van der Waals surface area (Å²) in [6.45, 7) is 1.83. The summed E-state index contributed by atoms with van der Waals surface area (Å²) < 4.78 is 43.4. The number of aliphatic hydroxyl groups excluding tert-OH is 1. The van der Waals surface area contributed by atoms with Crippen molar-refractivity contribution in [3.63, 3.8) is 0 Å². The van der Waals surface area contributed by atoms with E-state index in [1.54, 1.807) is 10.5 Å². The van der Waals surface area contributed by atoms with E-state index in [0.29, 0.717) is 29.0 Å². The molecule has 1 aliphatic rings. The van der Waals surface area contributed by atoms with Crippen molar-refractivity contribution < 1.29 is 23.0 Å². The third-order valence-electron chi connectivity index (χ3n) is 5.62. The maximum absolute atomic E-state index is 12.6. The fourth-order valence-electron chi connectivity index (χ4n) is 4.27. The minimum atomic E-state index is -4.75. The van der Waals surface area contributed by atoms with Gasteiger partial charge in [0.15, 0.2) is 11.5 Å². The van der Waals surface area contributed by atoms with E-state index >= 15 is 0 Å². The van der Waals surface area contributed by atoms with Gasteiger partial charge in [0.25, 0.3) is 0 Å². The lowest BCUT2D eigenvalue weighted by Crippen LogP contribution is -2.27. The Morgan fingerprint density at radius 1 is 1.16 bits per heavy atom. The Kier molecular flexibility index (Phi) is 6.04. The molecule has 0 spiro atoms. The quantitative estimate of drug-likeness (QED) is 0.569. The molecule has 0 amide bonds. The van der Waals surface area contributed by atoms with Crippen LogP contribution in [0.1, 0.15) is 39.0 Å². The van der Waals surface area contributed by atoms with Gasteiger partial charge in [-0.3, -0.25) is 4.40 Å². The zero-order valence-electron chi connectivity index (χ0n) is 17.1. The van der Waals surface area contributed by atoms with Crippen LogP contribution in [0, 0.1) is 5.92 Å². The van der Waals surface area contributed by atoms with Gasteiger partial charge in [0.2, 0.25) is 0 Å². The number of hydrogen-bond donors (Lipinski definition) is 2. The molecule has 4 rings (SSSR count). The Bertz CT molecular complexity index is 1030. The van der Waals surface area contributed by atoms with Gasteiger partial charge < -0.3 is 15.2 Å². The molecule has 1 atom stereocenters. The molecule has 2 N–H and O–H groups in total. The molecule has 2 aromatic heterocycles. The molecule has 0 saturated heterocycles. The summed E-state index contributed by atoms with van der Waals surface area (Å²) in [6.07, 6.45) is 1.91. The second-order valence-corrected chi connectivity index (χ2v) is 8.19. The molecule has 3 aromatic rings. The molecule has 1 saturated carbocycles. The number of benzene rings is 1. The summed E-state index contributed by atoms with van der Waals surface area (Å²) in [5.74, 6) is 0.702. The lowest BCUT2D eigenvalue weighted by Gasteiger charge is -2.30. The van der Waals surface area contributed by atoms with E-state index in [2.05, 4.69) is 20.3 Å². The maximum atomic E-state index is 12.6. The third kappa shape index (κ3) is 5.46. The van der Waals surface area contributed by atoms with E-state index < -0.39 is 6.36 Å². The minimum absolute atomic E-state index is 0.260. The van der Waals surface area contributed by atoms with Crippen LogP contribution in [0.5, 0.6) is 5.75 Å². The number of fused-ring (bicyclic) bond motifs is 1. The van der Waals surface area contributed by atoms with Gasteiger partial charge >= 0.3 is 6.36 Å². The first kappa shape index (κ1) is 21.4. The Balaban J connectivity index is 1.50. The van der Waals surface area contributed by atoms with Gasteiger partial charge in [-0.25, -0.2) is 0 Å². The van der Waals surface area contributed by atoms with E-state index in [-0.39, 0.29) is 11.9 Å². The molecule has 1 fully saturated rings. The highest BCUT2D eigenvalue weighted by Gasteiger charge is 2.31. The van der Waals surface area contributed by atoms with Crippen molar-refractivity contribution in [3.8, 4) is 17.1 Å². The molecular weight excluding hydrogens is 409 g/mol. The molecular formula is C22H25F3N4O2. The second kappa shape index (κ2) is 8.74. The predicted octanol–water partition coefficient (Wildman–Crippen LogP) is 5.04. The molecule has 6 nitrogen and oxygen atoms in total. The average molecular weight is 434 g/mol. The Morgan fingerprint density at radius 3 is 2.65 bits per heavy atom. The summed E-state index contributed by atoms with van der Waals surface area (Å²) in [5, 5.41) is 21.4. The molecule has 1 aliphatic carbocycles. The largest absolute Gasteiger partial charge is 0.573 e. The van der Waals surface area contributed by atoms with Crippen molar-refractivity contribution in [2.45, 2.75) is 57.5 Å². The van der Waals surface area contributed by atoms with Gasteiger partial charge in [-0.15, -0.1) is 23.4 Å².